The minimum atomic E-state index is -1.90. The third kappa shape index (κ3) is 4.29. The van der Waals surface area contributed by atoms with Gasteiger partial charge in [-0.25, -0.2) is 4.79 Å². The summed E-state index contributed by atoms with van der Waals surface area (Å²) in [5.74, 6) is -1.02. The third-order valence-electron chi connectivity index (χ3n) is 3.68. The molecular formula is C13H23NO4. The Hall–Kier alpha value is -1.10. The molecular weight excluding hydrogens is 234 g/mol. The van der Waals surface area contributed by atoms with Gasteiger partial charge >= 0.3 is 5.97 Å². The summed E-state index contributed by atoms with van der Waals surface area (Å²) in [6.07, 6.45) is 5.70. The summed E-state index contributed by atoms with van der Waals surface area (Å²) >= 11 is 0. The highest BCUT2D eigenvalue weighted by atomic mass is 16.4. The van der Waals surface area contributed by atoms with Crippen LogP contribution in [0.15, 0.2) is 0 Å². The van der Waals surface area contributed by atoms with Gasteiger partial charge < -0.3 is 15.5 Å². The van der Waals surface area contributed by atoms with Crippen LogP contribution >= 0.6 is 0 Å². The largest absolute Gasteiger partial charge is 0.479 e. The van der Waals surface area contributed by atoms with Crippen molar-refractivity contribution in [3.63, 3.8) is 0 Å². The van der Waals surface area contributed by atoms with E-state index in [1.165, 1.54) is 32.6 Å². The summed E-state index contributed by atoms with van der Waals surface area (Å²) in [6.45, 7) is 2.77. The van der Waals surface area contributed by atoms with Gasteiger partial charge in [0, 0.05) is 5.92 Å². The molecule has 1 saturated carbocycles. The van der Waals surface area contributed by atoms with Crippen LogP contribution in [0.1, 0.15) is 46.0 Å². The van der Waals surface area contributed by atoms with Crippen LogP contribution in [0.2, 0.25) is 0 Å². The lowest BCUT2D eigenvalue weighted by Crippen LogP contribution is -2.47. The molecule has 0 aromatic carbocycles. The Kier molecular flexibility index (Phi) is 5.14. The zero-order valence-corrected chi connectivity index (χ0v) is 11.1. The molecule has 0 radical (unpaired) electrons. The van der Waals surface area contributed by atoms with Crippen LogP contribution in [0.5, 0.6) is 0 Å². The van der Waals surface area contributed by atoms with E-state index in [0.29, 0.717) is 5.92 Å². The van der Waals surface area contributed by atoms with E-state index in [1.807, 2.05) is 6.92 Å². The summed E-state index contributed by atoms with van der Waals surface area (Å²) in [7, 11) is 0. The molecule has 0 heterocycles. The first kappa shape index (κ1) is 15.0. The predicted octanol–water partition coefficient (Wildman–Crippen LogP) is 1.15. The number of carboxylic acid groups (broad SMARTS) is 1. The van der Waals surface area contributed by atoms with E-state index in [4.69, 9.17) is 5.11 Å². The van der Waals surface area contributed by atoms with Crippen molar-refractivity contribution in [1.29, 1.82) is 0 Å². The normalized spacial score (nSPS) is 21.3. The fraction of sp³-hybridized carbons (Fsp3) is 0.846. The van der Waals surface area contributed by atoms with Gasteiger partial charge in [0.1, 0.15) is 0 Å². The first-order chi connectivity index (χ1) is 8.33. The highest BCUT2D eigenvalue weighted by Gasteiger charge is 2.31. The molecule has 1 rings (SSSR count). The van der Waals surface area contributed by atoms with Crippen LogP contribution in [-0.4, -0.2) is 34.2 Å². The molecule has 104 valence electrons. The van der Waals surface area contributed by atoms with Crippen LogP contribution < -0.4 is 5.32 Å². The van der Waals surface area contributed by atoms with Gasteiger partial charge in [-0.2, -0.15) is 0 Å². The quantitative estimate of drug-likeness (QED) is 0.666. The molecule has 18 heavy (non-hydrogen) atoms. The Morgan fingerprint density at radius 2 is 1.94 bits per heavy atom. The maximum Gasteiger partial charge on any atom is 0.337 e. The summed E-state index contributed by atoms with van der Waals surface area (Å²) in [5.41, 5.74) is -1.90. The molecule has 0 aromatic rings. The summed E-state index contributed by atoms with van der Waals surface area (Å²) in [5, 5.41) is 20.7. The average Bonchev–Trinajstić information content (AvgIpc) is 2.78. The van der Waals surface area contributed by atoms with Crippen molar-refractivity contribution >= 4 is 11.9 Å². The molecule has 2 unspecified atom stereocenters. The van der Waals surface area contributed by atoms with Gasteiger partial charge in [-0.05, 0) is 19.3 Å². The minimum Gasteiger partial charge on any atom is -0.479 e. The topological polar surface area (TPSA) is 86.6 Å². The first-order valence-electron chi connectivity index (χ1n) is 6.56. The number of carboxylic acids is 1. The zero-order chi connectivity index (χ0) is 13.8. The van der Waals surface area contributed by atoms with Gasteiger partial charge in [0.2, 0.25) is 5.91 Å². The number of rotatable bonds is 6. The molecule has 0 saturated heterocycles. The molecule has 0 aromatic heterocycles. The van der Waals surface area contributed by atoms with Crippen LogP contribution in [0.4, 0.5) is 0 Å². The van der Waals surface area contributed by atoms with E-state index in [1.54, 1.807) is 0 Å². The fourth-order valence-corrected chi connectivity index (χ4v) is 2.36. The molecule has 3 N–H and O–H groups in total. The molecule has 0 spiro atoms. The van der Waals surface area contributed by atoms with Gasteiger partial charge in [-0.1, -0.05) is 32.6 Å². The predicted molar refractivity (Wildman–Crippen MR) is 67.0 cm³/mol. The lowest BCUT2D eigenvalue weighted by Gasteiger charge is -2.21. The Labute approximate surface area is 108 Å². The molecule has 1 fully saturated rings. The van der Waals surface area contributed by atoms with Crippen molar-refractivity contribution in [2.24, 2.45) is 11.8 Å². The van der Waals surface area contributed by atoms with Gasteiger partial charge in [-0.3, -0.25) is 4.79 Å². The first-order valence-corrected chi connectivity index (χ1v) is 6.56. The average molecular weight is 257 g/mol. The Morgan fingerprint density at radius 1 is 1.39 bits per heavy atom. The molecule has 1 amide bonds. The number of hydrogen-bond acceptors (Lipinski definition) is 3. The maximum atomic E-state index is 11.8. The van der Waals surface area contributed by atoms with Crippen LogP contribution in [0.3, 0.4) is 0 Å². The van der Waals surface area contributed by atoms with Crippen LogP contribution in [0.25, 0.3) is 0 Å². The van der Waals surface area contributed by atoms with Gasteiger partial charge in [-0.15, -0.1) is 0 Å². The molecule has 5 nitrogen and oxygen atoms in total. The summed E-state index contributed by atoms with van der Waals surface area (Å²) < 4.78 is 0. The highest BCUT2D eigenvalue weighted by Crippen LogP contribution is 2.30. The number of nitrogens with one attached hydrogen (secondary N) is 1. The smallest absolute Gasteiger partial charge is 0.337 e. The SMILES string of the molecule is CC(CC1CCCC1)C(=O)NCC(C)(O)C(=O)O. The number of amides is 1. The van der Waals surface area contributed by atoms with Crippen molar-refractivity contribution in [2.75, 3.05) is 6.54 Å². The highest BCUT2D eigenvalue weighted by molar-refractivity contribution is 5.81. The Bertz CT molecular complexity index is 308. The zero-order valence-electron chi connectivity index (χ0n) is 11.1. The van der Waals surface area contributed by atoms with E-state index in [9.17, 15) is 14.7 Å². The summed E-state index contributed by atoms with van der Waals surface area (Å²) in [4.78, 5) is 22.5. The number of aliphatic hydroxyl groups is 1. The van der Waals surface area contributed by atoms with Crippen molar-refractivity contribution in [1.82, 2.24) is 5.32 Å². The second-order valence-corrected chi connectivity index (χ2v) is 5.58. The van der Waals surface area contributed by atoms with Crippen molar-refractivity contribution in [2.45, 2.75) is 51.6 Å². The standard InChI is InChI=1S/C13H23NO4/c1-9(7-10-5-3-4-6-10)11(15)14-8-13(2,18)12(16)17/h9-10,18H,3-8H2,1-2H3,(H,14,15)(H,16,17). The lowest BCUT2D eigenvalue weighted by atomic mass is 9.94. The van der Waals surface area contributed by atoms with Gasteiger partial charge in [0.15, 0.2) is 5.60 Å². The maximum absolute atomic E-state index is 11.8. The molecule has 0 aliphatic heterocycles. The monoisotopic (exact) mass is 257 g/mol. The number of carbonyl (C=O) groups excluding carboxylic acids is 1. The second kappa shape index (κ2) is 6.18. The Morgan fingerprint density at radius 3 is 2.44 bits per heavy atom. The van der Waals surface area contributed by atoms with Crippen molar-refractivity contribution in [3.05, 3.63) is 0 Å². The minimum absolute atomic E-state index is 0.127. The number of carbonyl (C=O) groups is 2. The number of aliphatic carboxylic acids is 1. The molecule has 0 bridgehead atoms. The van der Waals surface area contributed by atoms with E-state index in [2.05, 4.69) is 5.32 Å². The van der Waals surface area contributed by atoms with E-state index in [-0.39, 0.29) is 18.4 Å². The lowest BCUT2D eigenvalue weighted by molar-refractivity contribution is -0.156. The van der Waals surface area contributed by atoms with Gasteiger partial charge in [0.25, 0.3) is 0 Å². The van der Waals surface area contributed by atoms with Crippen LogP contribution in [-0.2, 0) is 9.59 Å². The van der Waals surface area contributed by atoms with E-state index >= 15 is 0 Å². The van der Waals surface area contributed by atoms with E-state index in [0.717, 1.165) is 6.42 Å². The summed E-state index contributed by atoms with van der Waals surface area (Å²) in [6, 6.07) is 0. The number of hydrogen-bond donors (Lipinski definition) is 3. The van der Waals surface area contributed by atoms with Gasteiger partial charge in [0.05, 0.1) is 6.54 Å². The van der Waals surface area contributed by atoms with Crippen molar-refractivity contribution < 1.29 is 19.8 Å². The molecule has 1 aliphatic rings. The third-order valence-corrected chi connectivity index (χ3v) is 3.68. The van der Waals surface area contributed by atoms with E-state index < -0.39 is 11.6 Å². The molecule has 2 atom stereocenters. The molecule has 1 aliphatic carbocycles. The Balaban J connectivity index is 2.33. The molecule has 5 heteroatoms. The van der Waals surface area contributed by atoms with Crippen LogP contribution in [0, 0.1) is 11.8 Å². The fourth-order valence-electron chi connectivity index (χ4n) is 2.36. The second-order valence-electron chi connectivity index (χ2n) is 5.58. The van der Waals surface area contributed by atoms with Crippen molar-refractivity contribution in [3.8, 4) is 0 Å².